The molecule has 0 spiro atoms. The molecule has 0 saturated carbocycles. The van der Waals surface area contributed by atoms with Gasteiger partial charge in [-0.2, -0.15) is 4.99 Å². The minimum atomic E-state index is -0.460. The van der Waals surface area contributed by atoms with Crippen LogP contribution in [0.3, 0.4) is 0 Å². The number of carbonyl (C=O) groups excluding carboxylic acids is 1. The predicted octanol–water partition coefficient (Wildman–Crippen LogP) is 3.47. The highest BCUT2D eigenvalue weighted by molar-refractivity contribution is 7.16. The number of hydrogen-bond donors (Lipinski definition) is 0. The molecular formula is C18H17N3O5S2. The predicted molar refractivity (Wildman–Crippen MR) is 109 cm³/mol. The number of hydrogen-bond acceptors (Lipinski definition) is 7. The number of thiazole rings is 1. The van der Waals surface area contributed by atoms with Crippen molar-refractivity contribution in [2.45, 2.75) is 6.54 Å². The van der Waals surface area contributed by atoms with Crippen LogP contribution in [0.2, 0.25) is 0 Å². The van der Waals surface area contributed by atoms with E-state index in [1.807, 2.05) is 22.8 Å². The Balaban J connectivity index is 1.93. The first-order valence-electron chi connectivity index (χ1n) is 8.19. The summed E-state index contributed by atoms with van der Waals surface area (Å²) in [4.78, 5) is 27.9. The van der Waals surface area contributed by atoms with Crippen LogP contribution >= 0.6 is 22.7 Å². The number of ether oxygens (including phenoxy) is 2. The van der Waals surface area contributed by atoms with Crippen LogP contribution < -0.4 is 9.54 Å². The highest BCUT2D eigenvalue weighted by Gasteiger charge is 2.10. The molecule has 2 aromatic heterocycles. The van der Waals surface area contributed by atoms with E-state index in [-0.39, 0.29) is 5.00 Å². The van der Waals surface area contributed by atoms with E-state index >= 15 is 0 Å². The zero-order valence-electron chi connectivity index (χ0n) is 15.2. The Morgan fingerprint density at radius 3 is 2.79 bits per heavy atom. The zero-order chi connectivity index (χ0) is 20.1. The summed E-state index contributed by atoms with van der Waals surface area (Å²) in [6.45, 7) is 1.03. The minimum absolute atomic E-state index is 0.0277. The number of nitrogens with zero attached hydrogens (tertiary/aromatic N) is 3. The van der Waals surface area contributed by atoms with E-state index in [9.17, 15) is 14.9 Å². The monoisotopic (exact) mass is 419 g/mol. The van der Waals surface area contributed by atoms with Gasteiger partial charge in [-0.3, -0.25) is 14.9 Å². The number of rotatable bonds is 7. The largest absolute Gasteiger partial charge is 0.497 e. The first-order valence-corrected chi connectivity index (χ1v) is 9.82. The van der Waals surface area contributed by atoms with Crippen LogP contribution in [0.1, 0.15) is 4.88 Å². The summed E-state index contributed by atoms with van der Waals surface area (Å²) in [5.74, 6) is 0.283. The molecule has 10 heteroatoms. The third-order valence-corrected chi connectivity index (χ3v) is 5.84. The van der Waals surface area contributed by atoms with Crippen LogP contribution in [0.15, 0.2) is 41.4 Å². The molecule has 8 nitrogen and oxygen atoms in total. The fourth-order valence-corrected chi connectivity index (χ4v) is 4.29. The average Bonchev–Trinajstić information content (AvgIpc) is 3.29. The van der Waals surface area contributed by atoms with Crippen molar-refractivity contribution in [2.75, 3.05) is 20.8 Å². The molecule has 0 atom stereocenters. The van der Waals surface area contributed by atoms with Crippen molar-refractivity contribution in [3.8, 4) is 5.75 Å². The molecule has 2 heterocycles. The van der Waals surface area contributed by atoms with E-state index in [4.69, 9.17) is 9.47 Å². The Morgan fingerprint density at radius 1 is 1.29 bits per heavy atom. The van der Waals surface area contributed by atoms with E-state index in [0.717, 1.165) is 27.3 Å². The van der Waals surface area contributed by atoms with Gasteiger partial charge in [-0.05, 0) is 30.3 Å². The molecule has 0 aliphatic carbocycles. The second-order valence-corrected chi connectivity index (χ2v) is 7.68. The van der Waals surface area contributed by atoms with Gasteiger partial charge in [0.2, 0.25) is 0 Å². The van der Waals surface area contributed by atoms with Gasteiger partial charge in [0.15, 0.2) is 4.80 Å². The SMILES string of the molecule is COCCn1c(=NC(=O)/C=C\c2ccc([N+](=O)[O-])s2)sc2cc(OC)ccc21. The summed E-state index contributed by atoms with van der Waals surface area (Å²) in [5, 5.41) is 10.8. The van der Waals surface area contributed by atoms with Crippen LogP contribution in [0, 0.1) is 10.1 Å². The normalized spacial score (nSPS) is 12.1. The number of aromatic nitrogens is 1. The molecule has 0 radical (unpaired) electrons. The molecule has 0 bridgehead atoms. The van der Waals surface area contributed by atoms with Gasteiger partial charge in [-0.25, -0.2) is 0 Å². The maximum absolute atomic E-state index is 12.3. The third kappa shape index (κ3) is 4.53. The van der Waals surface area contributed by atoms with Crippen molar-refractivity contribution < 1.29 is 19.2 Å². The van der Waals surface area contributed by atoms with Crippen LogP contribution in [0.5, 0.6) is 5.75 Å². The van der Waals surface area contributed by atoms with E-state index in [1.54, 1.807) is 20.3 Å². The second-order valence-electron chi connectivity index (χ2n) is 5.58. The lowest BCUT2D eigenvalue weighted by Crippen LogP contribution is -2.18. The van der Waals surface area contributed by atoms with Crippen molar-refractivity contribution in [3.63, 3.8) is 0 Å². The van der Waals surface area contributed by atoms with Crippen molar-refractivity contribution in [1.29, 1.82) is 0 Å². The minimum Gasteiger partial charge on any atom is -0.497 e. The summed E-state index contributed by atoms with van der Waals surface area (Å²) in [5.41, 5.74) is 0.937. The molecule has 0 N–H and O–H groups in total. The number of benzene rings is 1. The average molecular weight is 419 g/mol. The first-order chi connectivity index (χ1) is 13.5. The van der Waals surface area contributed by atoms with E-state index < -0.39 is 10.8 Å². The molecule has 3 rings (SSSR count). The number of amides is 1. The molecule has 1 amide bonds. The van der Waals surface area contributed by atoms with Crippen LogP contribution in [0.4, 0.5) is 5.00 Å². The quantitative estimate of drug-likeness (QED) is 0.332. The molecule has 0 aliphatic heterocycles. The molecule has 0 unspecified atom stereocenters. The summed E-state index contributed by atoms with van der Waals surface area (Å²) in [6.07, 6.45) is 2.83. The molecule has 28 heavy (non-hydrogen) atoms. The van der Waals surface area contributed by atoms with Gasteiger partial charge in [-0.1, -0.05) is 22.7 Å². The fourth-order valence-electron chi connectivity index (χ4n) is 2.48. The van der Waals surface area contributed by atoms with Gasteiger partial charge in [0.25, 0.3) is 5.91 Å². The van der Waals surface area contributed by atoms with Gasteiger partial charge in [0, 0.05) is 30.7 Å². The molecular weight excluding hydrogens is 402 g/mol. The van der Waals surface area contributed by atoms with Gasteiger partial charge in [0.05, 0.1) is 28.9 Å². The number of methoxy groups -OCH3 is 2. The molecule has 0 fully saturated rings. The second kappa shape index (κ2) is 8.91. The Hall–Kier alpha value is -2.82. The highest BCUT2D eigenvalue weighted by Crippen LogP contribution is 2.25. The highest BCUT2D eigenvalue weighted by atomic mass is 32.1. The smallest absolute Gasteiger partial charge is 0.324 e. The van der Waals surface area contributed by atoms with Gasteiger partial charge in [-0.15, -0.1) is 0 Å². The van der Waals surface area contributed by atoms with Crippen molar-refractivity contribution in [1.82, 2.24) is 4.57 Å². The third-order valence-electron chi connectivity index (χ3n) is 3.80. The van der Waals surface area contributed by atoms with Crippen molar-refractivity contribution in [2.24, 2.45) is 4.99 Å². The maximum Gasteiger partial charge on any atom is 0.324 e. The first kappa shape index (κ1) is 19.9. The summed E-state index contributed by atoms with van der Waals surface area (Å²) >= 11 is 2.38. The molecule has 3 aromatic rings. The number of thiophene rings is 1. The van der Waals surface area contributed by atoms with Gasteiger partial charge >= 0.3 is 5.00 Å². The number of fused-ring (bicyclic) bond motifs is 1. The number of nitro groups is 1. The summed E-state index contributed by atoms with van der Waals surface area (Å²) in [7, 11) is 3.21. The standard InChI is InChI=1S/C18H17N3O5S2/c1-25-10-9-20-14-6-3-12(26-2)11-15(14)28-18(20)19-16(22)7-4-13-5-8-17(27-13)21(23)24/h3-8,11H,9-10H2,1-2H3/b7-4-,19-18?. The van der Waals surface area contributed by atoms with Crippen molar-refractivity contribution in [3.05, 3.63) is 56.2 Å². The van der Waals surface area contributed by atoms with E-state index in [0.29, 0.717) is 22.8 Å². The lowest BCUT2D eigenvalue weighted by Gasteiger charge is -2.04. The van der Waals surface area contributed by atoms with Crippen LogP contribution in [-0.4, -0.2) is 36.2 Å². The van der Waals surface area contributed by atoms with Gasteiger partial charge < -0.3 is 14.0 Å². The Labute approximate surface area is 168 Å². The molecule has 146 valence electrons. The fraction of sp³-hybridized carbons (Fsp3) is 0.222. The molecule has 0 aliphatic rings. The zero-order valence-corrected chi connectivity index (χ0v) is 16.8. The summed E-state index contributed by atoms with van der Waals surface area (Å²) < 4.78 is 13.3. The molecule has 0 saturated heterocycles. The van der Waals surface area contributed by atoms with Gasteiger partial charge in [0.1, 0.15) is 5.75 Å². The van der Waals surface area contributed by atoms with E-state index in [2.05, 4.69) is 4.99 Å². The lowest BCUT2D eigenvalue weighted by atomic mass is 10.3. The molecule has 1 aromatic carbocycles. The van der Waals surface area contributed by atoms with Crippen molar-refractivity contribution >= 4 is 49.9 Å². The Morgan fingerprint density at radius 2 is 2.11 bits per heavy atom. The van der Waals surface area contributed by atoms with Crippen LogP contribution in [0.25, 0.3) is 16.3 Å². The Bertz CT molecular complexity index is 1110. The van der Waals surface area contributed by atoms with E-state index in [1.165, 1.54) is 29.6 Å². The summed E-state index contributed by atoms with van der Waals surface area (Å²) in [6, 6.07) is 8.67. The Kier molecular flexibility index (Phi) is 6.34. The lowest BCUT2D eigenvalue weighted by molar-refractivity contribution is -0.380. The maximum atomic E-state index is 12.3. The number of carbonyl (C=O) groups is 1. The van der Waals surface area contributed by atoms with Crippen LogP contribution in [-0.2, 0) is 16.1 Å². The topological polar surface area (TPSA) is 96.0 Å².